The van der Waals surface area contributed by atoms with Crippen LogP contribution in [-0.4, -0.2) is 0 Å². The molecule has 0 aliphatic carbocycles. The van der Waals surface area contributed by atoms with Crippen LogP contribution < -0.4 is 4.90 Å². The molecule has 0 saturated heterocycles. The molecule has 0 radical (unpaired) electrons. The summed E-state index contributed by atoms with van der Waals surface area (Å²) in [5.41, 5.74) is 9.02. The van der Waals surface area contributed by atoms with E-state index in [0.717, 1.165) is 77.5 Å². The monoisotopic (exact) mass is 657 g/mol. The third kappa shape index (κ3) is 4.03. The van der Waals surface area contributed by atoms with Crippen LogP contribution in [0.5, 0.6) is 0 Å². The summed E-state index contributed by atoms with van der Waals surface area (Å²) in [6.45, 7) is 0. The molecule has 50 heavy (non-hydrogen) atoms. The molecule has 11 aromatic rings. The Bertz CT molecular complexity index is 3110. The van der Waals surface area contributed by atoms with Crippen molar-refractivity contribution in [3.8, 4) is 11.1 Å². The zero-order valence-electron chi connectivity index (χ0n) is 26.8. The van der Waals surface area contributed by atoms with E-state index in [9.17, 15) is 0 Å². The molecule has 4 heteroatoms. The number of thiophene rings is 1. The first kappa shape index (κ1) is 27.6. The van der Waals surface area contributed by atoms with Crippen molar-refractivity contribution in [2.45, 2.75) is 0 Å². The van der Waals surface area contributed by atoms with Gasteiger partial charge < -0.3 is 13.7 Å². The van der Waals surface area contributed by atoms with Crippen LogP contribution in [0.3, 0.4) is 0 Å². The Morgan fingerprint density at radius 2 is 1.12 bits per heavy atom. The molecular weight excluding hydrogens is 631 g/mol. The van der Waals surface area contributed by atoms with Crippen molar-refractivity contribution in [1.82, 2.24) is 0 Å². The Hall–Kier alpha value is -6.36. The van der Waals surface area contributed by atoms with Crippen LogP contribution in [0.15, 0.2) is 173 Å². The van der Waals surface area contributed by atoms with E-state index in [1.165, 1.54) is 25.6 Å². The number of rotatable bonds is 4. The molecule has 8 aromatic carbocycles. The van der Waals surface area contributed by atoms with E-state index in [2.05, 4.69) is 157 Å². The maximum absolute atomic E-state index is 6.70. The van der Waals surface area contributed by atoms with Crippen molar-refractivity contribution in [2.24, 2.45) is 0 Å². The van der Waals surface area contributed by atoms with Gasteiger partial charge in [-0.25, -0.2) is 0 Å². The number of hydrogen-bond acceptors (Lipinski definition) is 4. The lowest BCUT2D eigenvalue weighted by molar-refractivity contribution is 0.669. The van der Waals surface area contributed by atoms with Gasteiger partial charge in [0, 0.05) is 58.7 Å². The average Bonchev–Trinajstić information content (AvgIpc) is 3.87. The predicted molar refractivity (Wildman–Crippen MR) is 212 cm³/mol. The molecule has 0 spiro atoms. The van der Waals surface area contributed by atoms with Gasteiger partial charge >= 0.3 is 0 Å². The van der Waals surface area contributed by atoms with Gasteiger partial charge in [0.25, 0.3) is 0 Å². The lowest BCUT2D eigenvalue weighted by Gasteiger charge is -2.26. The maximum atomic E-state index is 6.70. The SMILES string of the molecule is c1ccc2c(c1)ccc1c3cccc(-c4ccc(N(c5ccc6sc7ccccc7c6c5)c5cccc6oc7ccccc7c56)cc4)c3oc21. The van der Waals surface area contributed by atoms with Gasteiger partial charge in [0.2, 0.25) is 0 Å². The average molecular weight is 658 g/mol. The van der Waals surface area contributed by atoms with Crippen molar-refractivity contribution in [1.29, 1.82) is 0 Å². The smallest absolute Gasteiger partial charge is 0.143 e. The highest BCUT2D eigenvalue weighted by Crippen LogP contribution is 2.46. The molecule has 0 amide bonds. The fourth-order valence-corrected chi connectivity index (χ4v) is 8.85. The molecule has 0 aliphatic rings. The van der Waals surface area contributed by atoms with Crippen LogP contribution >= 0.6 is 11.3 Å². The van der Waals surface area contributed by atoms with Crippen LogP contribution in [0.25, 0.3) is 85.9 Å². The largest absolute Gasteiger partial charge is 0.456 e. The molecule has 0 fully saturated rings. The van der Waals surface area contributed by atoms with Gasteiger partial charge in [-0.1, -0.05) is 103 Å². The van der Waals surface area contributed by atoms with E-state index in [0.29, 0.717) is 0 Å². The van der Waals surface area contributed by atoms with Crippen LogP contribution in [0, 0.1) is 0 Å². The van der Waals surface area contributed by atoms with Crippen LogP contribution in [0.1, 0.15) is 0 Å². The van der Waals surface area contributed by atoms with Crippen molar-refractivity contribution in [2.75, 3.05) is 4.90 Å². The predicted octanol–water partition coefficient (Wildman–Crippen LogP) is 14.1. The molecule has 0 atom stereocenters. The van der Waals surface area contributed by atoms with Crippen molar-refractivity contribution in [3.63, 3.8) is 0 Å². The molecular formula is C46H27NO2S. The molecule has 0 bridgehead atoms. The van der Waals surface area contributed by atoms with Gasteiger partial charge in [-0.3, -0.25) is 0 Å². The Labute approximate surface area is 290 Å². The van der Waals surface area contributed by atoms with E-state index >= 15 is 0 Å². The maximum Gasteiger partial charge on any atom is 0.143 e. The Balaban J connectivity index is 1.11. The zero-order chi connectivity index (χ0) is 32.8. The molecule has 0 aliphatic heterocycles. The number of benzene rings is 8. The highest BCUT2D eigenvalue weighted by molar-refractivity contribution is 7.25. The number of nitrogens with zero attached hydrogens (tertiary/aromatic N) is 1. The normalized spacial score (nSPS) is 12.0. The minimum absolute atomic E-state index is 0.872. The minimum atomic E-state index is 0.872. The quantitative estimate of drug-likeness (QED) is 0.189. The van der Waals surface area contributed by atoms with E-state index < -0.39 is 0 Å². The number of furan rings is 2. The number of para-hydroxylation sites is 2. The van der Waals surface area contributed by atoms with E-state index in [-0.39, 0.29) is 0 Å². The summed E-state index contributed by atoms with van der Waals surface area (Å²) in [4.78, 5) is 2.37. The van der Waals surface area contributed by atoms with Gasteiger partial charge in [-0.05, 0) is 71.6 Å². The third-order valence-corrected chi connectivity index (χ3v) is 11.2. The molecule has 3 nitrogen and oxygen atoms in total. The first-order chi connectivity index (χ1) is 24.8. The van der Waals surface area contributed by atoms with Gasteiger partial charge in [-0.15, -0.1) is 11.3 Å². The Morgan fingerprint density at radius 3 is 2.04 bits per heavy atom. The number of anilines is 3. The van der Waals surface area contributed by atoms with E-state index in [1.807, 2.05) is 23.5 Å². The summed E-state index contributed by atoms with van der Waals surface area (Å²) in [6, 6.07) is 58.3. The number of fused-ring (bicyclic) bond motifs is 11. The van der Waals surface area contributed by atoms with Crippen LogP contribution in [-0.2, 0) is 0 Å². The molecule has 0 N–H and O–H groups in total. The van der Waals surface area contributed by atoms with Crippen LogP contribution in [0.2, 0.25) is 0 Å². The topological polar surface area (TPSA) is 29.5 Å². The first-order valence-electron chi connectivity index (χ1n) is 16.8. The zero-order valence-corrected chi connectivity index (χ0v) is 27.6. The van der Waals surface area contributed by atoms with E-state index in [1.54, 1.807) is 0 Å². The Morgan fingerprint density at radius 1 is 0.420 bits per heavy atom. The summed E-state index contributed by atoms with van der Waals surface area (Å²) in [6.07, 6.45) is 0. The first-order valence-corrected chi connectivity index (χ1v) is 17.7. The second-order valence-corrected chi connectivity index (χ2v) is 13.9. The fourth-order valence-electron chi connectivity index (χ4n) is 7.77. The molecule has 3 aromatic heterocycles. The fraction of sp³-hybridized carbons (Fsp3) is 0. The molecule has 3 heterocycles. The summed E-state index contributed by atoms with van der Waals surface area (Å²) >= 11 is 1.84. The Kier molecular flexibility index (Phi) is 5.83. The second-order valence-electron chi connectivity index (χ2n) is 12.9. The minimum Gasteiger partial charge on any atom is -0.456 e. The lowest BCUT2D eigenvalue weighted by Crippen LogP contribution is -2.10. The van der Waals surface area contributed by atoms with Gasteiger partial charge in [0.05, 0.1) is 11.1 Å². The second kappa shape index (κ2) is 10.6. The lowest BCUT2D eigenvalue weighted by atomic mass is 10.0. The third-order valence-electron chi connectivity index (χ3n) is 10.1. The standard InChI is InChI=1S/C46H27NO2S/c1-2-10-32-28(9-1)21-25-36-35-14-7-13-33(45(35)49-46(32)36)29-19-22-30(23-20-29)47(31-24-26-43-38(27-31)34-11-4-6-18-42(34)50-43)39-15-8-17-41-44(39)37-12-3-5-16-40(37)48-41/h1-27H. The van der Waals surface area contributed by atoms with Crippen molar-refractivity contribution >= 4 is 103 Å². The van der Waals surface area contributed by atoms with Crippen LogP contribution in [0.4, 0.5) is 17.1 Å². The molecule has 0 saturated carbocycles. The highest BCUT2D eigenvalue weighted by Gasteiger charge is 2.21. The molecule has 11 rings (SSSR count). The molecule has 234 valence electrons. The molecule has 0 unspecified atom stereocenters. The number of hydrogen-bond donors (Lipinski definition) is 0. The van der Waals surface area contributed by atoms with Crippen molar-refractivity contribution < 1.29 is 8.83 Å². The van der Waals surface area contributed by atoms with Gasteiger partial charge in [-0.2, -0.15) is 0 Å². The highest BCUT2D eigenvalue weighted by atomic mass is 32.1. The van der Waals surface area contributed by atoms with Crippen molar-refractivity contribution in [3.05, 3.63) is 164 Å². The summed E-state index contributed by atoms with van der Waals surface area (Å²) in [5.74, 6) is 0. The van der Waals surface area contributed by atoms with E-state index in [4.69, 9.17) is 8.83 Å². The summed E-state index contributed by atoms with van der Waals surface area (Å²) in [5, 5.41) is 9.33. The summed E-state index contributed by atoms with van der Waals surface area (Å²) in [7, 11) is 0. The van der Waals surface area contributed by atoms with Gasteiger partial charge in [0.15, 0.2) is 0 Å². The van der Waals surface area contributed by atoms with Gasteiger partial charge in [0.1, 0.15) is 22.3 Å². The summed E-state index contributed by atoms with van der Waals surface area (Å²) < 4.78 is 15.6.